The summed E-state index contributed by atoms with van der Waals surface area (Å²) in [5, 5.41) is 0.457. The summed E-state index contributed by atoms with van der Waals surface area (Å²) in [7, 11) is -3.02. The van der Waals surface area contributed by atoms with Crippen molar-refractivity contribution in [2.24, 2.45) is 0 Å². The monoisotopic (exact) mass is 219 g/mol. The number of nitrogen functional groups attached to an aromatic ring is 1. The van der Waals surface area contributed by atoms with Gasteiger partial charge in [0.25, 0.3) is 0 Å². The predicted octanol–water partition coefficient (Wildman–Crippen LogP) is 1.47. The van der Waals surface area contributed by atoms with Crippen molar-refractivity contribution in [3.05, 3.63) is 28.8 Å². The number of sulfone groups is 1. The lowest BCUT2D eigenvalue weighted by Gasteiger charge is -2.01. The summed E-state index contributed by atoms with van der Waals surface area (Å²) in [6, 6.07) is 4.78. The van der Waals surface area contributed by atoms with Crippen LogP contribution in [0.15, 0.2) is 18.2 Å². The van der Waals surface area contributed by atoms with Gasteiger partial charge in [0.15, 0.2) is 9.84 Å². The summed E-state index contributed by atoms with van der Waals surface area (Å²) in [6.45, 7) is 0. The molecular weight excluding hydrogens is 210 g/mol. The maximum Gasteiger partial charge on any atom is 0.151 e. The molecule has 1 aromatic rings. The minimum absolute atomic E-state index is 0.0300. The topological polar surface area (TPSA) is 60.2 Å². The molecule has 0 fully saturated rings. The molecule has 0 aromatic heterocycles. The van der Waals surface area contributed by atoms with Crippen LogP contribution in [0.4, 0.5) is 5.69 Å². The molecule has 0 heterocycles. The van der Waals surface area contributed by atoms with Gasteiger partial charge in [-0.15, -0.1) is 0 Å². The fraction of sp³-hybridized carbons (Fsp3) is 0.250. The van der Waals surface area contributed by atoms with Crippen molar-refractivity contribution in [2.45, 2.75) is 5.75 Å². The molecule has 0 radical (unpaired) electrons. The number of rotatable bonds is 2. The molecule has 13 heavy (non-hydrogen) atoms. The average molecular weight is 220 g/mol. The van der Waals surface area contributed by atoms with Crippen molar-refractivity contribution in [1.29, 1.82) is 0 Å². The van der Waals surface area contributed by atoms with Crippen LogP contribution < -0.4 is 5.73 Å². The molecule has 0 unspecified atom stereocenters. The van der Waals surface area contributed by atoms with Crippen LogP contribution in [0.25, 0.3) is 0 Å². The van der Waals surface area contributed by atoms with Gasteiger partial charge in [0.05, 0.1) is 5.75 Å². The van der Waals surface area contributed by atoms with Crippen LogP contribution in [0, 0.1) is 0 Å². The van der Waals surface area contributed by atoms with E-state index >= 15 is 0 Å². The van der Waals surface area contributed by atoms with Crippen LogP contribution in [0.1, 0.15) is 5.56 Å². The SMILES string of the molecule is CS(=O)(=O)Cc1cc(N)cc(Cl)c1. The molecule has 72 valence electrons. The number of nitrogens with two attached hydrogens (primary N) is 1. The Morgan fingerprint density at radius 1 is 1.38 bits per heavy atom. The Morgan fingerprint density at radius 3 is 2.46 bits per heavy atom. The molecule has 0 saturated heterocycles. The molecule has 1 aromatic carbocycles. The minimum atomic E-state index is -3.02. The van der Waals surface area contributed by atoms with Gasteiger partial charge in [-0.3, -0.25) is 0 Å². The zero-order valence-corrected chi connectivity index (χ0v) is 8.69. The van der Waals surface area contributed by atoms with E-state index in [9.17, 15) is 8.42 Å². The van der Waals surface area contributed by atoms with Crippen LogP contribution in [-0.2, 0) is 15.6 Å². The Labute approximate surface area is 82.4 Å². The van der Waals surface area contributed by atoms with Crippen molar-refractivity contribution in [3.63, 3.8) is 0 Å². The van der Waals surface area contributed by atoms with Gasteiger partial charge in [-0.1, -0.05) is 11.6 Å². The molecule has 0 saturated carbocycles. The van der Waals surface area contributed by atoms with Gasteiger partial charge in [-0.2, -0.15) is 0 Å². The first-order chi connectivity index (χ1) is 5.87. The average Bonchev–Trinajstić information content (AvgIpc) is 1.78. The third kappa shape index (κ3) is 3.65. The number of benzene rings is 1. The number of anilines is 1. The molecule has 0 spiro atoms. The first-order valence-electron chi connectivity index (χ1n) is 3.59. The zero-order valence-electron chi connectivity index (χ0n) is 7.12. The highest BCUT2D eigenvalue weighted by molar-refractivity contribution is 7.89. The van der Waals surface area contributed by atoms with Crippen LogP contribution in [0.3, 0.4) is 0 Å². The van der Waals surface area contributed by atoms with E-state index in [2.05, 4.69) is 0 Å². The number of halogens is 1. The lowest BCUT2D eigenvalue weighted by Crippen LogP contribution is -2.01. The Balaban J connectivity index is 3.03. The molecule has 2 N–H and O–H groups in total. The van der Waals surface area contributed by atoms with Crippen molar-refractivity contribution >= 4 is 27.1 Å². The van der Waals surface area contributed by atoms with E-state index in [1.807, 2.05) is 0 Å². The Kier molecular flexibility index (Phi) is 2.83. The van der Waals surface area contributed by atoms with E-state index in [1.165, 1.54) is 6.26 Å². The third-order valence-corrected chi connectivity index (χ3v) is 2.48. The van der Waals surface area contributed by atoms with Crippen LogP contribution in [-0.4, -0.2) is 14.7 Å². The molecule has 0 aliphatic rings. The molecule has 0 bridgehead atoms. The quantitative estimate of drug-likeness (QED) is 0.767. The summed E-state index contributed by atoms with van der Waals surface area (Å²) in [5.74, 6) is -0.0300. The third-order valence-electron chi connectivity index (χ3n) is 1.41. The summed E-state index contributed by atoms with van der Waals surface area (Å²) < 4.78 is 21.9. The van der Waals surface area contributed by atoms with Crippen LogP contribution in [0.5, 0.6) is 0 Å². The highest BCUT2D eigenvalue weighted by atomic mass is 35.5. The Morgan fingerprint density at radius 2 is 2.00 bits per heavy atom. The van der Waals surface area contributed by atoms with E-state index in [4.69, 9.17) is 17.3 Å². The Bertz CT molecular complexity index is 394. The second-order valence-electron chi connectivity index (χ2n) is 2.96. The molecule has 1 rings (SSSR count). The molecule has 0 atom stereocenters. The van der Waals surface area contributed by atoms with Crippen LogP contribution in [0.2, 0.25) is 5.02 Å². The largest absolute Gasteiger partial charge is 0.399 e. The van der Waals surface area contributed by atoms with Gasteiger partial charge in [0.2, 0.25) is 0 Å². The second kappa shape index (κ2) is 3.55. The molecule has 5 heteroatoms. The minimum Gasteiger partial charge on any atom is -0.399 e. The van der Waals surface area contributed by atoms with Gasteiger partial charge < -0.3 is 5.73 Å². The molecule has 0 amide bonds. The molecular formula is C8H10ClNO2S. The summed E-state index contributed by atoms with van der Waals surface area (Å²) in [5.41, 5.74) is 6.59. The number of hydrogen-bond acceptors (Lipinski definition) is 3. The lowest BCUT2D eigenvalue weighted by molar-refractivity contribution is 0.601. The van der Waals surface area contributed by atoms with Crippen LogP contribution >= 0.6 is 11.6 Å². The van der Waals surface area contributed by atoms with Crippen molar-refractivity contribution in [2.75, 3.05) is 12.0 Å². The van der Waals surface area contributed by atoms with Gasteiger partial charge in [0, 0.05) is 17.0 Å². The summed E-state index contributed by atoms with van der Waals surface area (Å²) in [4.78, 5) is 0. The highest BCUT2D eigenvalue weighted by Crippen LogP contribution is 2.17. The molecule has 0 aliphatic heterocycles. The fourth-order valence-corrected chi connectivity index (χ4v) is 2.10. The maximum absolute atomic E-state index is 10.9. The first-order valence-corrected chi connectivity index (χ1v) is 6.03. The summed E-state index contributed by atoms with van der Waals surface area (Å²) >= 11 is 5.70. The number of hydrogen-bond donors (Lipinski definition) is 1. The van der Waals surface area contributed by atoms with E-state index in [0.29, 0.717) is 16.3 Å². The maximum atomic E-state index is 10.9. The van der Waals surface area contributed by atoms with Gasteiger partial charge in [0.1, 0.15) is 0 Å². The van der Waals surface area contributed by atoms with Gasteiger partial charge in [-0.05, 0) is 23.8 Å². The molecule has 3 nitrogen and oxygen atoms in total. The van der Waals surface area contributed by atoms with Crippen molar-refractivity contribution < 1.29 is 8.42 Å². The standard InChI is InChI=1S/C8H10ClNO2S/c1-13(11,12)5-6-2-7(9)4-8(10)3-6/h2-4H,5,10H2,1H3. The van der Waals surface area contributed by atoms with E-state index in [1.54, 1.807) is 18.2 Å². The normalized spacial score (nSPS) is 11.5. The smallest absolute Gasteiger partial charge is 0.151 e. The van der Waals surface area contributed by atoms with Gasteiger partial charge in [-0.25, -0.2) is 8.42 Å². The lowest BCUT2D eigenvalue weighted by atomic mass is 10.2. The van der Waals surface area contributed by atoms with E-state index < -0.39 is 9.84 Å². The van der Waals surface area contributed by atoms with E-state index in [-0.39, 0.29) is 5.75 Å². The fourth-order valence-electron chi connectivity index (χ4n) is 1.06. The Hall–Kier alpha value is -0.740. The predicted molar refractivity (Wildman–Crippen MR) is 54.4 cm³/mol. The molecule has 0 aliphatic carbocycles. The summed E-state index contributed by atoms with van der Waals surface area (Å²) in [6.07, 6.45) is 1.17. The first kappa shape index (κ1) is 10.3. The second-order valence-corrected chi connectivity index (χ2v) is 5.54. The highest BCUT2D eigenvalue weighted by Gasteiger charge is 2.05. The van der Waals surface area contributed by atoms with Crippen molar-refractivity contribution in [1.82, 2.24) is 0 Å². The zero-order chi connectivity index (χ0) is 10.1. The van der Waals surface area contributed by atoms with E-state index in [0.717, 1.165) is 0 Å². The van der Waals surface area contributed by atoms with Gasteiger partial charge >= 0.3 is 0 Å². The van der Waals surface area contributed by atoms with Crippen molar-refractivity contribution in [3.8, 4) is 0 Å².